The lowest BCUT2D eigenvalue weighted by Crippen LogP contribution is -2.56. The Kier molecular flexibility index (Phi) is 12.4. The summed E-state index contributed by atoms with van der Waals surface area (Å²) in [5.41, 5.74) is 1.89. The van der Waals surface area contributed by atoms with Crippen LogP contribution in [0.2, 0.25) is 0 Å². The van der Waals surface area contributed by atoms with Gasteiger partial charge in [-0.15, -0.1) is 0 Å². The van der Waals surface area contributed by atoms with Gasteiger partial charge in [-0.1, -0.05) is 104 Å². The first kappa shape index (κ1) is 43.3. The smallest absolute Gasteiger partial charge is 0.421 e. The molecule has 0 radical (unpaired) electrons. The number of morpholine rings is 1. The van der Waals surface area contributed by atoms with Crippen LogP contribution in [-0.4, -0.2) is 85.3 Å². The molecule has 5 aromatic carbocycles. The van der Waals surface area contributed by atoms with Crippen LogP contribution in [0.25, 0.3) is 0 Å². The summed E-state index contributed by atoms with van der Waals surface area (Å²) in [6.07, 6.45) is 2.60. The van der Waals surface area contributed by atoms with E-state index in [1.807, 2.05) is 89.8 Å². The van der Waals surface area contributed by atoms with Crippen molar-refractivity contribution in [2.75, 3.05) is 45.4 Å². The number of ether oxygens (including phenoxy) is 4. The van der Waals surface area contributed by atoms with E-state index >= 15 is 14.4 Å². The van der Waals surface area contributed by atoms with E-state index in [0.29, 0.717) is 41.1 Å². The van der Waals surface area contributed by atoms with Gasteiger partial charge in [0.2, 0.25) is 11.8 Å². The Bertz CT molecular complexity index is 2600. The molecule has 3 fully saturated rings. The summed E-state index contributed by atoms with van der Waals surface area (Å²) < 4.78 is 22.9. The number of likely N-dealkylation sites (tertiary alicyclic amines) is 1. The Morgan fingerprint density at radius 2 is 1.35 bits per heavy atom. The molecule has 3 saturated heterocycles. The van der Waals surface area contributed by atoms with Gasteiger partial charge in [0.05, 0.1) is 37.4 Å². The number of cyclic esters (lactones) is 1. The van der Waals surface area contributed by atoms with E-state index in [4.69, 9.17) is 18.9 Å². The Labute approximate surface area is 378 Å². The number of amides is 3. The zero-order chi connectivity index (χ0) is 45.1. The molecule has 332 valence electrons. The van der Waals surface area contributed by atoms with Crippen molar-refractivity contribution >= 4 is 29.6 Å². The number of imide groups is 1. The highest BCUT2D eigenvalue weighted by Gasteiger charge is 2.76. The lowest BCUT2D eigenvalue weighted by atomic mass is 9.64. The third kappa shape index (κ3) is 7.89. The molecule has 4 aliphatic rings. The van der Waals surface area contributed by atoms with Crippen LogP contribution in [0.1, 0.15) is 83.7 Å². The molecule has 6 atom stereocenters. The van der Waals surface area contributed by atoms with E-state index in [0.717, 1.165) is 48.1 Å². The lowest BCUT2D eigenvalue weighted by molar-refractivity contribution is -0.179. The third-order valence-corrected chi connectivity index (χ3v) is 13.2. The number of hydrogen-bond acceptors (Lipinski definition) is 10. The quantitative estimate of drug-likeness (QED) is 0.0928. The van der Waals surface area contributed by atoms with Gasteiger partial charge in [0, 0.05) is 31.3 Å². The van der Waals surface area contributed by atoms with Crippen LogP contribution >= 0.6 is 0 Å². The van der Waals surface area contributed by atoms with Crippen molar-refractivity contribution in [3.8, 4) is 23.3 Å². The van der Waals surface area contributed by atoms with Crippen molar-refractivity contribution in [3.05, 3.63) is 161 Å². The van der Waals surface area contributed by atoms with E-state index in [-0.39, 0.29) is 30.6 Å². The number of esters is 1. The van der Waals surface area contributed by atoms with Crippen LogP contribution in [0.4, 0.5) is 10.5 Å². The largest absolute Gasteiger partial charge is 0.508 e. The summed E-state index contributed by atoms with van der Waals surface area (Å²) in [6.45, 7) is 0.811. The van der Waals surface area contributed by atoms with Gasteiger partial charge in [-0.25, -0.2) is 9.69 Å². The fourth-order valence-electron chi connectivity index (χ4n) is 10.4. The second-order valence-corrected chi connectivity index (χ2v) is 16.9. The number of phenolic OH excluding ortho intramolecular Hbond substituents is 1. The first-order chi connectivity index (χ1) is 31.8. The number of rotatable bonds is 8. The summed E-state index contributed by atoms with van der Waals surface area (Å²) in [6, 6.07) is 35.0. The minimum atomic E-state index is -1.95. The summed E-state index contributed by atoms with van der Waals surface area (Å²) in [4.78, 5) is 67.1. The average molecular weight is 874 g/mol. The van der Waals surface area contributed by atoms with Crippen molar-refractivity contribution in [2.24, 2.45) is 5.92 Å². The highest BCUT2D eigenvalue weighted by molar-refractivity contribution is 6.23. The van der Waals surface area contributed by atoms with Gasteiger partial charge in [0.1, 0.15) is 35.7 Å². The Hall–Kier alpha value is -6.94. The minimum Gasteiger partial charge on any atom is -0.508 e. The average Bonchev–Trinajstić information content (AvgIpc) is 3.78. The topological polar surface area (TPSA) is 135 Å². The predicted octanol–water partition coefficient (Wildman–Crippen LogP) is 8.04. The maximum Gasteiger partial charge on any atom is 0.421 e. The Balaban J connectivity index is 1.34. The van der Waals surface area contributed by atoms with E-state index < -0.39 is 53.5 Å². The Morgan fingerprint density at radius 3 is 2.02 bits per heavy atom. The second kappa shape index (κ2) is 18.6. The molecule has 4 aliphatic heterocycles. The predicted molar refractivity (Wildman–Crippen MR) is 242 cm³/mol. The van der Waals surface area contributed by atoms with Gasteiger partial charge >= 0.3 is 12.1 Å². The number of anilines is 1. The second-order valence-electron chi connectivity index (χ2n) is 16.9. The van der Waals surface area contributed by atoms with Gasteiger partial charge in [-0.3, -0.25) is 19.3 Å². The van der Waals surface area contributed by atoms with Crippen molar-refractivity contribution in [2.45, 2.75) is 61.7 Å². The highest BCUT2D eigenvalue weighted by atomic mass is 16.6. The van der Waals surface area contributed by atoms with Crippen LogP contribution in [0.15, 0.2) is 127 Å². The summed E-state index contributed by atoms with van der Waals surface area (Å²) >= 11 is 0. The van der Waals surface area contributed by atoms with Crippen molar-refractivity contribution in [1.82, 2.24) is 9.80 Å². The van der Waals surface area contributed by atoms with Crippen LogP contribution in [0, 0.1) is 17.8 Å². The van der Waals surface area contributed by atoms with Gasteiger partial charge in [-0.05, 0) is 89.7 Å². The molecule has 0 unspecified atom stereocenters. The fourth-order valence-corrected chi connectivity index (χ4v) is 10.4. The minimum absolute atomic E-state index is 0.0111. The fraction of sp³-hybridized carbons (Fsp3) is 0.321. The number of aromatic hydroxyl groups is 1. The summed E-state index contributed by atoms with van der Waals surface area (Å²) in [5, 5.41) is 10.7. The standard InChI is InChI=1S/C53H51N3O9/c1-62-32-33-64-52(61)55-43-29-22-36(19-18-35-20-27-41(63-2)28-21-35)34-42(43)53(51(55)60)44(49(58)54-30-12-4-3-5-13-31-54)46-50(59)65-47(38-16-10-7-11-17-38)45(37-14-8-6-9-15-37)56(46)48(53)39-23-25-40(57)26-24-39/h6-11,14-17,20-29,34,44-48,57H,3-5,12-13,30-33H2,1-2H3/t44-,45-,46-,47+,48+,53-/m1/s1. The van der Waals surface area contributed by atoms with Crippen LogP contribution in [0.3, 0.4) is 0 Å². The lowest BCUT2D eigenvalue weighted by Gasteiger charge is -2.46. The molecular formula is C53H51N3O9. The Morgan fingerprint density at radius 1 is 0.723 bits per heavy atom. The number of carbonyl (C=O) groups excluding carboxylic acids is 4. The number of nitrogens with zero attached hydrogens (tertiary/aromatic N) is 3. The summed E-state index contributed by atoms with van der Waals surface area (Å²) in [5.74, 6) is 4.00. The molecule has 1 spiro atoms. The van der Waals surface area contributed by atoms with E-state index in [1.54, 1.807) is 42.3 Å². The van der Waals surface area contributed by atoms with Crippen LogP contribution in [0.5, 0.6) is 11.5 Å². The zero-order valence-electron chi connectivity index (χ0n) is 36.4. The van der Waals surface area contributed by atoms with E-state index in [9.17, 15) is 9.90 Å². The highest BCUT2D eigenvalue weighted by Crippen LogP contribution is 2.66. The molecule has 4 heterocycles. The molecule has 0 saturated carbocycles. The molecule has 65 heavy (non-hydrogen) atoms. The molecule has 0 aliphatic carbocycles. The monoisotopic (exact) mass is 873 g/mol. The summed E-state index contributed by atoms with van der Waals surface area (Å²) in [7, 11) is 3.08. The number of carbonyl (C=O) groups is 4. The molecule has 0 aromatic heterocycles. The number of phenols is 1. The van der Waals surface area contributed by atoms with Crippen LogP contribution in [-0.2, 0) is 34.0 Å². The molecule has 12 nitrogen and oxygen atoms in total. The maximum atomic E-state index is 16.4. The molecule has 0 bridgehead atoms. The van der Waals surface area contributed by atoms with Gasteiger partial charge in [0.25, 0.3) is 0 Å². The molecule has 12 heteroatoms. The number of hydrogen-bond donors (Lipinski definition) is 1. The SMILES string of the molecule is COCCOC(=O)N1C(=O)[C@@]2(c3cc(C#Cc4ccc(OC)cc4)ccc31)[C@H](c1ccc(O)cc1)N1[C@H](c3ccccc3)[C@H](c3ccccc3)OC(=O)[C@H]1[C@@H]2C(=O)N1CCCCCCC1. The van der Waals surface area contributed by atoms with Crippen molar-refractivity contribution in [3.63, 3.8) is 0 Å². The van der Waals surface area contributed by atoms with Crippen molar-refractivity contribution < 1.29 is 43.2 Å². The van der Waals surface area contributed by atoms with Gasteiger partial charge in [0.15, 0.2) is 0 Å². The molecule has 5 aromatic rings. The van der Waals surface area contributed by atoms with Gasteiger partial charge < -0.3 is 29.0 Å². The number of benzene rings is 5. The van der Waals surface area contributed by atoms with E-state index in [2.05, 4.69) is 11.8 Å². The van der Waals surface area contributed by atoms with Gasteiger partial charge in [-0.2, -0.15) is 0 Å². The molecular weight excluding hydrogens is 823 g/mol. The zero-order valence-corrected chi connectivity index (χ0v) is 36.4. The molecule has 9 rings (SSSR count). The van der Waals surface area contributed by atoms with Crippen molar-refractivity contribution in [1.29, 1.82) is 0 Å². The first-order valence-corrected chi connectivity index (χ1v) is 22.2. The number of fused-ring (bicyclic) bond motifs is 3. The van der Waals surface area contributed by atoms with Crippen LogP contribution < -0.4 is 9.64 Å². The molecule has 1 N–H and O–H groups in total. The van der Waals surface area contributed by atoms with E-state index in [1.165, 1.54) is 19.2 Å². The maximum absolute atomic E-state index is 16.4. The third-order valence-electron chi connectivity index (χ3n) is 13.2. The first-order valence-electron chi connectivity index (χ1n) is 22.2. The number of methoxy groups -OCH3 is 2. The molecule has 3 amide bonds. The normalized spacial score (nSPS) is 23.9.